The summed E-state index contributed by atoms with van der Waals surface area (Å²) in [5.74, 6) is 0. The van der Waals surface area contributed by atoms with Crippen LogP contribution in [0.5, 0.6) is 0 Å². The number of rotatable bonds is 0. The molecule has 0 saturated heterocycles. The number of hydrogen-bond acceptors (Lipinski definition) is 0. The Bertz CT molecular complexity index is 1050. The van der Waals surface area contributed by atoms with Gasteiger partial charge in [-0.15, -0.1) is 9.15 Å². The van der Waals surface area contributed by atoms with Crippen molar-refractivity contribution in [2.24, 2.45) is 0 Å². The first kappa shape index (κ1) is 14.7. The van der Waals surface area contributed by atoms with Gasteiger partial charge in [0, 0.05) is 27.7 Å². The van der Waals surface area contributed by atoms with E-state index in [1.54, 1.807) is 11.1 Å². The van der Waals surface area contributed by atoms with Crippen LogP contribution in [0.25, 0.3) is 0 Å². The van der Waals surface area contributed by atoms with E-state index >= 15 is 0 Å². The van der Waals surface area contributed by atoms with E-state index in [0.717, 1.165) is 19.3 Å². The second-order valence-electron chi connectivity index (χ2n) is 8.42. The van der Waals surface area contributed by atoms with Crippen molar-refractivity contribution in [2.75, 3.05) is 0 Å². The van der Waals surface area contributed by atoms with Gasteiger partial charge in [0.25, 0.3) is 11.4 Å². The van der Waals surface area contributed by atoms with Crippen LogP contribution in [0.1, 0.15) is 61.1 Å². The summed E-state index contributed by atoms with van der Waals surface area (Å²) in [5, 5.41) is 0. The van der Waals surface area contributed by atoms with Crippen molar-refractivity contribution < 1.29 is 9.15 Å². The Hall–Kier alpha value is -2.48. The maximum absolute atomic E-state index is 2.66. The van der Waals surface area contributed by atoms with Crippen LogP contribution >= 0.6 is 0 Å². The van der Waals surface area contributed by atoms with Crippen molar-refractivity contribution >= 4 is 11.4 Å². The number of benzene rings is 2. The predicted molar refractivity (Wildman–Crippen MR) is 104 cm³/mol. The lowest BCUT2D eigenvalue weighted by atomic mass is 9.69. The van der Waals surface area contributed by atoms with Crippen molar-refractivity contribution in [3.05, 3.63) is 81.2 Å². The molecule has 0 fully saturated rings. The van der Waals surface area contributed by atoms with Crippen molar-refractivity contribution in [3.63, 3.8) is 0 Å². The van der Waals surface area contributed by atoms with Crippen molar-refractivity contribution in [1.82, 2.24) is 0 Å². The van der Waals surface area contributed by atoms with E-state index in [0.29, 0.717) is 0 Å². The van der Waals surface area contributed by atoms with Crippen LogP contribution in [0.2, 0.25) is 0 Å². The fourth-order valence-electron chi connectivity index (χ4n) is 6.31. The topological polar surface area (TPSA) is 6.02 Å². The van der Waals surface area contributed by atoms with E-state index < -0.39 is 0 Å². The molecule has 3 heterocycles. The van der Waals surface area contributed by atoms with Crippen LogP contribution in [0.3, 0.4) is 0 Å². The Labute approximate surface area is 154 Å². The number of nitrogens with zero attached hydrogens (tertiary/aromatic N) is 2. The van der Waals surface area contributed by atoms with Crippen LogP contribution in [0.4, 0.5) is 0 Å². The first-order valence-corrected chi connectivity index (χ1v) is 9.70. The van der Waals surface area contributed by atoms with Gasteiger partial charge >= 0.3 is 5.66 Å². The molecule has 1 aliphatic carbocycles. The van der Waals surface area contributed by atoms with E-state index in [4.69, 9.17) is 0 Å². The molecule has 0 aromatic heterocycles. The molecule has 128 valence electrons. The standard InChI is InChI=1S/C24H24N2/c1-14-11-18-7-5-9-20-13-21-10-6-8-19-12-15(2)26-17(4)16(3)25(14)24(26,22(18)20)23(19)21/h5-10H,11-13H2,1-4H3/q+2. The lowest BCUT2D eigenvalue weighted by Crippen LogP contribution is -2.55. The highest BCUT2D eigenvalue weighted by atomic mass is 15.4. The fourth-order valence-corrected chi connectivity index (χ4v) is 6.31. The van der Waals surface area contributed by atoms with Crippen LogP contribution in [-0.2, 0) is 24.9 Å². The molecule has 0 atom stereocenters. The molecule has 2 aromatic rings. The third-order valence-electron chi connectivity index (χ3n) is 7.05. The summed E-state index contributed by atoms with van der Waals surface area (Å²) in [6.07, 6.45) is 3.17. The minimum atomic E-state index is -0.186. The van der Waals surface area contributed by atoms with Gasteiger partial charge in [0.05, 0.1) is 12.8 Å². The van der Waals surface area contributed by atoms with Gasteiger partial charge in [0.2, 0.25) is 0 Å². The maximum Gasteiger partial charge on any atom is 0.416 e. The molecule has 1 spiro atoms. The molecule has 0 unspecified atom stereocenters. The molecule has 4 aliphatic rings. The Morgan fingerprint density at radius 2 is 1.00 bits per heavy atom. The average Bonchev–Trinajstić information content (AvgIpc) is 2.84. The Morgan fingerprint density at radius 1 is 0.615 bits per heavy atom. The molecule has 0 saturated carbocycles. The monoisotopic (exact) mass is 340 g/mol. The van der Waals surface area contributed by atoms with Crippen molar-refractivity contribution in [3.8, 4) is 0 Å². The van der Waals surface area contributed by atoms with Gasteiger partial charge in [0.15, 0.2) is 11.4 Å². The lowest BCUT2D eigenvalue weighted by Gasteiger charge is -2.38. The summed E-state index contributed by atoms with van der Waals surface area (Å²) in [7, 11) is 0. The van der Waals surface area contributed by atoms with E-state index in [1.165, 1.54) is 45.1 Å². The van der Waals surface area contributed by atoms with Gasteiger partial charge in [-0.3, -0.25) is 0 Å². The van der Waals surface area contributed by atoms with Crippen LogP contribution in [0.15, 0.2) is 47.8 Å². The SMILES string of the molecule is CC1=C(C)[N+]2=C(C)Cc3cccc4c3C23c2c(cccc2C4)CC(C)=[N+]13. The molecule has 2 heteroatoms. The molecular formula is C24H24N2+2. The molecule has 0 N–H and O–H groups in total. The normalized spacial score (nSPS) is 21.2. The van der Waals surface area contributed by atoms with E-state index in [-0.39, 0.29) is 5.66 Å². The molecule has 3 aliphatic heterocycles. The molecular weight excluding hydrogens is 316 g/mol. The van der Waals surface area contributed by atoms with Gasteiger partial charge in [0.1, 0.15) is 11.1 Å². The van der Waals surface area contributed by atoms with Crippen LogP contribution < -0.4 is 0 Å². The van der Waals surface area contributed by atoms with E-state index in [1.807, 2.05) is 0 Å². The Morgan fingerprint density at radius 3 is 1.42 bits per heavy atom. The van der Waals surface area contributed by atoms with Gasteiger partial charge in [-0.05, 0) is 28.7 Å². The molecule has 2 aromatic carbocycles. The third kappa shape index (κ3) is 1.36. The zero-order valence-corrected chi connectivity index (χ0v) is 16.0. The largest absolute Gasteiger partial charge is 0.416 e. The lowest BCUT2D eigenvalue weighted by molar-refractivity contribution is -0.761. The van der Waals surface area contributed by atoms with E-state index in [9.17, 15) is 0 Å². The zero-order chi connectivity index (χ0) is 17.8. The minimum Gasteiger partial charge on any atom is -0.125 e. The maximum atomic E-state index is 2.66. The van der Waals surface area contributed by atoms with Gasteiger partial charge < -0.3 is 0 Å². The molecule has 0 bridgehead atoms. The van der Waals surface area contributed by atoms with Crippen molar-refractivity contribution in [2.45, 2.75) is 52.6 Å². The molecule has 0 radical (unpaired) electrons. The van der Waals surface area contributed by atoms with Crippen LogP contribution in [0, 0.1) is 0 Å². The minimum absolute atomic E-state index is 0.186. The second-order valence-corrected chi connectivity index (χ2v) is 8.42. The first-order chi connectivity index (χ1) is 12.5. The third-order valence-corrected chi connectivity index (χ3v) is 7.05. The number of allylic oxidation sites excluding steroid dienone is 2. The zero-order valence-electron chi connectivity index (χ0n) is 16.0. The predicted octanol–water partition coefficient (Wildman–Crippen LogP) is 4.12. The van der Waals surface area contributed by atoms with E-state index in [2.05, 4.69) is 73.2 Å². The summed E-state index contributed by atoms with van der Waals surface area (Å²) >= 11 is 0. The summed E-state index contributed by atoms with van der Waals surface area (Å²) in [4.78, 5) is 0. The van der Waals surface area contributed by atoms with Gasteiger partial charge in [-0.25, -0.2) is 0 Å². The summed E-state index contributed by atoms with van der Waals surface area (Å²) < 4.78 is 5.33. The first-order valence-electron chi connectivity index (χ1n) is 9.70. The number of hydrogen-bond donors (Lipinski definition) is 0. The summed E-state index contributed by atoms with van der Waals surface area (Å²) in [6.45, 7) is 9.27. The quantitative estimate of drug-likeness (QED) is 0.637. The highest BCUT2D eigenvalue weighted by Gasteiger charge is 2.71. The summed E-state index contributed by atoms with van der Waals surface area (Å²) in [6, 6.07) is 13.9. The highest BCUT2D eigenvalue weighted by Crippen LogP contribution is 2.54. The smallest absolute Gasteiger partial charge is 0.125 e. The highest BCUT2D eigenvalue weighted by molar-refractivity contribution is 5.86. The molecule has 6 rings (SSSR count). The Kier molecular flexibility index (Phi) is 2.50. The average molecular weight is 340 g/mol. The fraction of sp³-hybridized carbons (Fsp3) is 0.333. The van der Waals surface area contributed by atoms with Gasteiger partial charge in [-0.2, -0.15) is 0 Å². The van der Waals surface area contributed by atoms with Crippen molar-refractivity contribution in [1.29, 1.82) is 0 Å². The molecule has 0 amide bonds. The molecule has 2 nitrogen and oxygen atoms in total. The Balaban J connectivity index is 1.91. The molecule has 26 heavy (non-hydrogen) atoms. The second kappa shape index (κ2) is 4.43. The van der Waals surface area contributed by atoms with Gasteiger partial charge in [-0.1, -0.05) is 36.4 Å². The summed E-state index contributed by atoms with van der Waals surface area (Å²) in [5.41, 5.74) is 14.7. The van der Waals surface area contributed by atoms with Crippen LogP contribution in [-0.4, -0.2) is 20.6 Å².